The van der Waals surface area contributed by atoms with E-state index in [-0.39, 0.29) is 15.2 Å². The van der Waals surface area contributed by atoms with Crippen LogP contribution in [0.4, 0.5) is 0 Å². The second kappa shape index (κ2) is 7.44. The van der Waals surface area contributed by atoms with Crippen molar-refractivity contribution in [3.63, 3.8) is 0 Å². The van der Waals surface area contributed by atoms with E-state index in [2.05, 4.69) is 19.7 Å². The summed E-state index contributed by atoms with van der Waals surface area (Å²) in [5, 5.41) is 0. The lowest BCUT2D eigenvalue weighted by molar-refractivity contribution is 0.413. The summed E-state index contributed by atoms with van der Waals surface area (Å²) in [7, 11) is -2.18. The van der Waals surface area contributed by atoms with Gasteiger partial charge in [-0.15, -0.1) is 0 Å². The first-order valence-corrected chi connectivity index (χ1v) is 9.73. The molecular formula is C15H13ClN4O3S2. The molecule has 0 bridgehead atoms. The Balaban J connectivity index is 1.85. The Labute approximate surface area is 153 Å². The maximum absolute atomic E-state index is 12.3. The first-order valence-electron chi connectivity index (χ1n) is 7.05. The molecule has 0 fully saturated rings. The van der Waals surface area contributed by atoms with Crippen molar-refractivity contribution in [2.75, 3.05) is 7.11 Å². The van der Waals surface area contributed by atoms with Crippen LogP contribution in [0.5, 0.6) is 5.75 Å². The van der Waals surface area contributed by atoms with Crippen molar-refractivity contribution in [2.24, 2.45) is 0 Å². The van der Waals surface area contributed by atoms with Crippen LogP contribution in [0.25, 0.3) is 11.4 Å². The molecular weight excluding hydrogens is 384 g/mol. The Morgan fingerprint density at radius 3 is 2.72 bits per heavy atom. The Kier molecular flexibility index (Phi) is 5.28. The van der Waals surface area contributed by atoms with E-state index >= 15 is 0 Å². The second-order valence-corrected chi connectivity index (χ2v) is 8.46. The molecule has 0 saturated heterocycles. The van der Waals surface area contributed by atoms with Gasteiger partial charge in [0.15, 0.2) is 8.68 Å². The number of hydrogen-bond acceptors (Lipinski definition) is 7. The van der Waals surface area contributed by atoms with Gasteiger partial charge < -0.3 is 4.74 Å². The number of hydrogen-bond donors (Lipinski definition) is 1. The lowest BCUT2D eigenvalue weighted by Gasteiger charge is -2.09. The van der Waals surface area contributed by atoms with Gasteiger partial charge in [-0.1, -0.05) is 29.0 Å². The third-order valence-corrected chi connectivity index (χ3v) is 6.16. The Morgan fingerprint density at radius 1 is 1.24 bits per heavy atom. The first-order chi connectivity index (χ1) is 12.0. The quantitative estimate of drug-likeness (QED) is 0.688. The summed E-state index contributed by atoms with van der Waals surface area (Å²) in [5.74, 6) is 0.561. The third-order valence-electron chi connectivity index (χ3n) is 3.18. The minimum Gasteiger partial charge on any atom is -0.497 e. The molecule has 0 aliphatic carbocycles. The van der Waals surface area contributed by atoms with Gasteiger partial charge in [-0.05, 0) is 12.1 Å². The van der Waals surface area contributed by atoms with Crippen molar-refractivity contribution < 1.29 is 13.2 Å². The molecule has 0 saturated carbocycles. The summed E-state index contributed by atoms with van der Waals surface area (Å²) in [6.07, 6.45) is 2.88. The normalized spacial score (nSPS) is 11.4. The van der Waals surface area contributed by atoms with E-state index in [0.717, 1.165) is 11.3 Å². The molecule has 3 aromatic rings. The predicted octanol–water partition coefficient (Wildman–Crippen LogP) is 2.74. The molecule has 0 aromatic carbocycles. The van der Waals surface area contributed by atoms with Gasteiger partial charge in [0.25, 0.3) is 10.0 Å². The van der Waals surface area contributed by atoms with E-state index in [1.807, 2.05) is 12.1 Å². The van der Waals surface area contributed by atoms with Gasteiger partial charge >= 0.3 is 0 Å². The number of thiazole rings is 1. The Morgan fingerprint density at radius 2 is 2.08 bits per heavy atom. The average molecular weight is 397 g/mol. The summed E-state index contributed by atoms with van der Waals surface area (Å²) in [6.45, 7) is -0.00507. The largest absolute Gasteiger partial charge is 0.497 e. The Bertz CT molecular complexity index is 977. The van der Waals surface area contributed by atoms with Gasteiger partial charge in [0, 0.05) is 18.3 Å². The number of nitrogens with one attached hydrogen (secondary N) is 1. The number of pyridine rings is 2. The molecule has 130 valence electrons. The molecule has 25 heavy (non-hydrogen) atoms. The van der Waals surface area contributed by atoms with Crippen molar-refractivity contribution in [3.05, 3.63) is 52.9 Å². The zero-order chi connectivity index (χ0) is 17.9. The van der Waals surface area contributed by atoms with Crippen molar-refractivity contribution in [1.82, 2.24) is 19.7 Å². The van der Waals surface area contributed by atoms with Gasteiger partial charge in [-0.3, -0.25) is 4.98 Å². The molecule has 0 amide bonds. The van der Waals surface area contributed by atoms with E-state index in [9.17, 15) is 8.42 Å². The molecule has 0 spiro atoms. The molecule has 10 heteroatoms. The van der Waals surface area contributed by atoms with Crippen molar-refractivity contribution in [1.29, 1.82) is 0 Å². The van der Waals surface area contributed by atoms with Crippen LogP contribution in [0, 0.1) is 0 Å². The molecule has 0 aliphatic rings. The third kappa shape index (κ3) is 4.31. The van der Waals surface area contributed by atoms with E-state index in [1.54, 1.807) is 24.4 Å². The lowest BCUT2D eigenvalue weighted by atomic mass is 10.2. The van der Waals surface area contributed by atoms with Crippen LogP contribution in [0.15, 0.2) is 46.9 Å². The van der Waals surface area contributed by atoms with Gasteiger partial charge in [-0.2, -0.15) is 0 Å². The fourth-order valence-corrected chi connectivity index (χ4v) is 4.35. The maximum Gasteiger partial charge on any atom is 0.252 e. The summed E-state index contributed by atoms with van der Waals surface area (Å²) < 4.78 is 32.5. The number of methoxy groups -OCH3 is 1. The van der Waals surface area contributed by atoms with Crippen molar-refractivity contribution in [2.45, 2.75) is 10.8 Å². The van der Waals surface area contributed by atoms with E-state index in [4.69, 9.17) is 16.3 Å². The molecule has 0 aliphatic heterocycles. The number of rotatable bonds is 6. The average Bonchev–Trinajstić information content (AvgIpc) is 3.08. The molecule has 7 nitrogen and oxygen atoms in total. The van der Waals surface area contributed by atoms with Gasteiger partial charge in [0.1, 0.15) is 5.75 Å². The highest BCUT2D eigenvalue weighted by Gasteiger charge is 2.18. The standard InChI is InChI=1S/C15H13ClN4O3S2/c1-23-11-6-10(20-13(7-11)12-4-2-3-5-17-12)8-19-25(21,22)14-9-18-15(16)24-14/h2-7,9,19H,8H2,1H3. The highest BCUT2D eigenvalue weighted by molar-refractivity contribution is 7.91. The number of nitrogens with zero attached hydrogens (tertiary/aromatic N) is 3. The smallest absolute Gasteiger partial charge is 0.252 e. The van der Waals surface area contributed by atoms with Crippen LogP contribution in [-0.2, 0) is 16.6 Å². The SMILES string of the molecule is COc1cc(CNS(=O)(=O)c2cnc(Cl)s2)nc(-c2ccccn2)c1. The van der Waals surface area contributed by atoms with Gasteiger partial charge in [0.2, 0.25) is 0 Å². The molecule has 0 radical (unpaired) electrons. The zero-order valence-corrected chi connectivity index (χ0v) is 15.4. The monoisotopic (exact) mass is 396 g/mol. The Hall–Kier alpha value is -2.07. The molecule has 0 unspecified atom stereocenters. The van der Waals surface area contributed by atoms with Gasteiger partial charge in [0.05, 0.1) is 36.9 Å². The molecule has 3 heterocycles. The summed E-state index contributed by atoms with van der Waals surface area (Å²) in [5.41, 5.74) is 1.76. The zero-order valence-electron chi connectivity index (χ0n) is 13.0. The number of ether oxygens (including phenoxy) is 1. The highest BCUT2D eigenvalue weighted by Crippen LogP contribution is 2.24. The van der Waals surface area contributed by atoms with E-state index < -0.39 is 10.0 Å². The van der Waals surface area contributed by atoms with Crippen molar-refractivity contribution >= 4 is 33.0 Å². The van der Waals surface area contributed by atoms with Crippen molar-refractivity contribution in [3.8, 4) is 17.1 Å². The maximum atomic E-state index is 12.3. The van der Waals surface area contributed by atoms with Crippen LogP contribution in [-0.4, -0.2) is 30.5 Å². The van der Waals surface area contributed by atoms with E-state index in [0.29, 0.717) is 22.8 Å². The molecule has 3 aromatic heterocycles. The summed E-state index contributed by atoms with van der Waals surface area (Å²) in [4.78, 5) is 12.4. The lowest BCUT2D eigenvalue weighted by Crippen LogP contribution is -2.23. The number of sulfonamides is 1. The van der Waals surface area contributed by atoms with E-state index in [1.165, 1.54) is 13.3 Å². The topological polar surface area (TPSA) is 94.1 Å². The minimum atomic E-state index is -3.71. The van der Waals surface area contributed by atoms with Gasteiger partial charge in [-0.25, -0.2) is 23.1 Å². The minimum absolute atomic E-state index is 0.00507. The molecule has 3 rings (SSSR count). The fraction of sp³-hybridized carbons (Fsp3) is 0.133. The van der Waals surface area contributed by atoms with Crippen LogP contribution < -0.4 is 9.46 Å². The molecule has 0 atom stereocenters. The van der Waals surface area contributed by atoms with Crippen LogP contribution in [0.3, 0.4) is 0 Å². The summed E-state index contributed by atoms with van der Waals surface area (Å²) in [6, 6.07) is 8.87. The van der Waals surface area contributed by atoms with Crippen LogP contribution in [0.1, 0.15) is 5.69 Å². The highest BCUT2D eigenvalue weighted by atomic mass is 35.5. The van der Waals surface area contributed by atoms with Crippen LogP contribution >= 0.6 is 22.9 Å². The van der Waals surface area contributed by atoms with Crippen LogP contribution in [0.2, 0.25) is 4.47 Å². The number of aromatic nitrogens is 3. The number of halogens is 1. The first kappa shape index (κ1) is 17.7. The second-order valence-electron chi connectivity index (χ2n) is 4.86. The summed E-state index contributed by atoms with van der Waals surface area (Å²) >= 11 is 6.58. The fourth-order valence-electron chi connectivity index (χ4n) is 2.02. The molecule has 1 N–H and O–H groups in total. The predicted molar refractivity (Wildman–Crippen MR) is 95.2 cm³/mol.